The fourth-order valence-electron chi connectivity index (χ4n) is 1.68. The van der Waals surface area contributed by atoms with Gasteiger partial charge >= 0.3 is 0 Å². The Morgan fingerprint density at radius 1 is 1.53 bits per heavy atom. The summed E-state index contributed by atoms with van der Waals surface area (Å²) in [4.78, 5) is 16.0. The maximum atomic E-state index is 12.1. The van der Waals surface area contributed by atoms with E-state index in [4.69, 9.17) is 5.84 Å². The van der Waals surface area contributed by atoms with Crippen molar-refractivity contribution in [2.24, 2.45) is 12.9 Å². The first-order valence-corrected chi connectivity index (χ1v) is 5.69. The second-order valence-electron chi connectivity index (χ2n) is 4.07. The number of pyridine rings is 1. The molecule has 0 aliphatic heterocycles. The molecule has 2 rings (SSSR count). The van der Waals surface area contributed by atoms with Crippen molar-refractivity contribution in [3.8, 4) is 0 Å². The van der Waals surface area contributed by atoms with Gasteiger partial charge < -0.3 is 15.3 Å². The average Bonchev–Trinajstić information content (AvgIpc) is 2.85. The molecule has 0 aliphatic carbocycles. The molecule has 0 radical (unpaired) electrons. The van der Waals surface area contributed by atoms with Gasteiger partial charge in [-0.3, -0.25) is 4.79 Å². The highest BCUT2D eigenvalue weighted by molar-refractivity contribution is 5.94. The molecule has 2 aromatic rings. The zero-order chi connectivity index (χ0) is 13.8. The van der Waals surface area contributed by atoms with Crippen LogP contribution in [-0.4, -0.2) is 25.7 Å². The molecule has 2 aromatic heterocycles. The Morgan fingerprint density at radius 2 is 2.32 bits per heavy atom. The van der Waals surface area contributed by atoms with Crippen LogP contribution >= 0.6 is 0 Å². The summed E-state index contributed by atoms with van der Waals surface area (Å²) in [6, 6.07) is 2.93. The zero-order valence-corrected chi connectivity index (χ0v) is 10.7. The van der Waals surface area contributed by atoms with E-state index >= 15 is 0 Å². The van der Waals surface area contributed by atoms with Crippen molar-refractivity contribution in [2.45, 2.75) is 13.0 Å². The Bertz CT molecular complexity index is 580. The van der Waals surface area contributed by atoms with Gasteiger partial charge in [0, 0.05) is 18.8 Å². The van der Waals surface area contributed by atoms with Crippen molar-refractivity contribution in [3.05, 3.63) is 36.0 Å². The fourth-order valence-corrected chi connectivity index (χ4v) is 1.68. The van der Waals surface area contributed by atoms with Crippen LogP contribution in [0.5, 0.6) is 0 Å². The molecule has 100 valence electrons. The fraction of sp³-hybridized carbons (Fsp3) is 0.273. The summed E-state index contributed by atoms with van der Waals surface area (Å²) >= 11 is 0. The average molecular weight is 261 g/mol. The summed E-state index contributed by atoms with van der Waals surface area (Å²) in [6.07, 6.45) is 3.10. The zero-order valence-electron chi connectivity index (χ0n) is 10.7. The smallest absolute Gasteiger partial charge is 0.252 e. The van der Waals surface area contributed by atoms with Gasteiger partial charge in [0.15, 0.2) is 5.82 Å². The highest BCUT2D eigenvalue weighted by Gasteiger charge is 2.15. The van der Waals surface area contributed by atoms with E-state index in [9.17, 15) is 4.79 Å². The Hall–Kier alpha value is -2.48. The van der Waals surface area contributed by atoms with E-state index in [0.29, 0.717) is 17.2 Å². The van der Waals surface area contributed by atoms with Gasteiger partial charge in [-0.05, 0) is 19.1 Å². The molecular weight excluding hydrogens is 246 g/mol. The van der Waals surface area contributed by atoms with Crippen LogP contribution in [0.1, 0.15) is 29.1 Å². The second-order valence-corrected chi connectivity index (χ2v) is 4.07. The number of anilines is 1. The lowest BCUT2D eigenvalue weighted by molar-refractivity contribution is 0.0937. The predicted octanol–water partition coefficient (Wildman–Crippen LogP) is -0.0133. The maximum absolute atomic E-state index is 12.1. The van der Waals surface area contributed by atoms with E-state index in [1.165, 1.54) is 6.20 Å². The van der Waals surface area contributed by atoms with Crippen LogP contribution in [0.15, 0.2) is 24.7 Å². The first kappa shape index (κ1) is 13.0. The van der Waals surface area contributed by atoms with Crippen LogP contribution in [0.25, 0.3) is 0 Å². The molecule has 0 aromatic carbocycles. The lowest BCUT2D eigenvalue weighted by atomic mass is 10.2. The molecule has 0 saturated heterocycles. The van der Waals surface area contributed by atoms with E-state index in [-0.39, 0.29) is 11.9 Å². The number of rotatable bonds is 4. The number of hydrogen-bond donors (Lipinski definition) is 3. The molecule has 1 amide bonds. The Morgan fingerprint density at radius 3 is 2.95 bits per heavy atom. The molecule has 0 saturated carbocycles. The van der Waals surface area contributed by atoms with E-state index in [0.717, 1.165) is 0 Å². The number of hydrazine groups is 1. The third-order valence-corrected chi connectivity index (χ3v) is 2.65. The standard InChI is InChI=1S/C11H15N7O/c1-7(10-17-14-6-18(10)2)15-11(19)8-3-4-13-9(5-8)16-12/h3-7H,12H2,1-2H3,(H,13,16)(H,15,19). The number of carbonyl (C=O) groups excluding carboxylic acids is 1. The molecule has 0 spiro atoms. The first-order valence-electron chi connectivity index (χ1n) is 5.69. The minimum atomic E-state index is -0.248. The summed E-state index contributed by atoms with van der Waals surface area (Å²) < 4.78 is 1.75. The van der Waals surface area contributed by atoms with Gasteiger partial charge in [-0.2, -0.15) is 0 Å². The van der Waals surface area contributed by atoms with Gasteiger partial charge in [-0.15, -0.1) is 10.2 Å². The number of carbonyl (C=O) groups is 1. The number of hydrogen-bond acceptors (Lipinski definition) is 6. The molecule has 8 heteroatoms. The third-order valence-electron chi connectivity index (χ3n) is 2.65. The van der Waals surface area contributed by atoms with Crippen molar-refractivity contribution < 1.29 is 4.79 Å². The molecule has 0 fully saturated rings. The van der Waals surface area contributed by atoms with Gasteiger partial charge in [0.25, 0.3) is 5.91 Å². The van der Waals surface area contributed by atoms with E-state index in [1.54, 1.807) is 23.0 Å². The SMILES string of the molecule is CC(NC(=O)c1ccnc(NN)c1)c1nncn1C. The normalized spacial score (nSPS) is 11.9. The lowest BCUT2D eigenvalue weighted by Crippen LogP contribution is -2.28. The Labute approximate surface area is 110 Å². The molecule has 1 unspecified atom stereocenters. The first-order chi connectivity index (χ1) is 9.11. The Balaban J connectivity index is 2.10. The van der Waals surface area contributed by atoms with Crippen LogP contribution in [0.4, 0.5) is 5.82 Å². The minimum absolute atomic E-state index is 0.227. The van der Waals surface area contributed by atoms with Crippen molar-refractivity contribution >= 4 is 11.7 Å². The Kier molecular flexibility index (Phi) is 3.71. The summed E-state index contributed by atoms with van der Waals surface area (Å²) in [5, 5.41) is 10.6. The highest BCUT2D eigenvalue weighted by Crippen LogP contribution is 2.10. The van der Waals surface area contributed by atoms with Crippen molar-refractivity contribution in [1.82, 2.24) is 25.1 Å². The lowest BCUT2D eigenvalue weighted by Gasteiger charge is -2.13. The summed E-state index contributed by atoms with van der Waals surface area (Å²) in [5.74, 6) is 6.13. The molecule has 2 heterocycles. The highest BCUT2D eigenvalue weighted by atomic mass is 16.1. The molecule has 0 bridgehead atoms. The summed E-state index contributed by atoms with van der Waals surface area (Å²) in [5.41, 5.74) is 2.86. The number of nitrogen functional groups attached to an aromatic ring is 1. The summed E-state index contributed by atoms with van der Waals surface area (Å²) in [7, 11) is 1.82. The van der Waals surface area contributed by atoms with Crippen LogP contribution in [0, 0.1) is 0 Å². The number of aromatic nitrogens is 4. The van der Waals surface area contributed by atoms with Gasteiger partial charge in [-0.1, -0.05) is 0 Å². The molecule has 4 N–H and O–H groups in total. The van der Waals surface area contributed by atoms with Gasteiger partial charge in [0.2, 0.25) is 0 Å². The maximum Gasteiger partial charge on any atom is 0.252 e. The van der Waals surface area contributed by atoms with E-state index < -0.39 is 0 Å². The van der Waals surface area contributed by atoms with Crippen LogP contribution in [-0.2, 0) is 7.05 Å². The molecule has 19 heavy (non-hydrogen) atoms. The van der Waals surface area contributed by atoms with Crippen LogP contribution in [0.2, 0.25) is 0 Å². The number of nitrogens with two attached hydrogens (primary N) is 1. The molecule has 0 aliphatic rings. The third kappa shape index (κ3) is 2.86. The van der Waals surface area contributed by atoms with Crippen LogP contribution in [0.3, 0.4) is 0 Å². The quantitative estimate of drug-likeness (QED) is 0.527. The molecule has 1 atom stereocenters. The second kappa shape index (κ2) is 5.44. The number of nitrogens with one attached hydrogen (secondary N) is 2. The van der Waals surface area contributed by atoms with Gasteiger partial charge in [-0.25, -0.2) is 10.8 Å². The molecular formula is C11H15N7O. The predicted molar refractivity (Wildman–Crippen MR) is 68.9 cm³/mol. The van der Waals surface area contributed by atoms with Crippen molar-refractivity contribution in [3.63, 3.8) is 0 Å². The minimum Gasteiger partial charge on any atom is -0.342 e. The number of nitrogens with zero attached hydrogens (tertiary/aromatic N) is 4. The summed E-state index contributed by atoms with van der Waals surface area (Å²) in [6.45, 7) is 1.84. The largest absolute Gasteiger partial charge is 0.342 e. The van der Waals surface area contributed by atoms with Crippen molar-refractivity contribution in [1.29, 1.82) is 0 Å². The van der Waals surface area contributed by atoms with Gasteiger partial charge in [0.1, 0.15) is 12.1 Å². The molecule has 8 nitrogen and oxygen atoms in total. The van der Waals surface area contributed by atoms with E-state index in [2.05, 4.69) is 25.9 Å². The van der Waals surface area contributed by atoms with Gasteiger partial charge in [0.05, 0.1) is 6.04 Å². The van der Waals surface area contributed by atoms with Crippen molar-refractivity contribution in [2.75, 3.05) is 5.43 Å². The number of amides is 1. The topological polar surface area (TPSA) is 111 Å². The van der Waals surface area contributed by atoms with E-state index in [1.807, 2.05) is 14.0 Å². The number of aryl methyl sites for hydroxylation is 1. The van der Waals surface area contributed by atoms with Crippen LogP contribution < -0.4 is 16.6 Å². The monoisotopic (exact) mass is 261 g/mol.